The van der Waals surface area contributed by atoms with Gasteiger partial charge in [-0.3, -0.25) is 0 Å². The fourth-order valence-electron chi connectivity index (χ4n) is 2.01. The Labute approximate surface area is 101 Å². The molecule has 1 aliphatic heterocycles. The monoisotopic (exact) mass is 235 g/mol. The molecule has 0 radical (unpaired) electrons. The van der Waals surface area contributed by atoms with Crippen molar-refractivity contribution in [1.82, 2.24) is 5.32 Å². The Morgan fingerprint density at radius 2 is 2.29 bits per heavy atom. The first-order chi connectivity index (χ1) is 8.22. The Morgan fingerprint density at radius 3 is 2.88 bits per heavy atom. The zero-order valence-electron chi connectivity index (χ0n) is 10.3. The van der Waals surface area contributed by atoms with Crippen LogP contribution in [0.4, 0.5) is 4.39 Å². The number of nitrogens with one attached hydrogen (secondary N) is 1. The van der Waals surface area contributed by atoms with Crippen LogP contribution in [0.1, 0.15) is 30.5 Å². The van der Waals surface area contributed by atoms with Crippen LogP contribution in [-0.2, 0) is 4.74 Å². The summed E-state index contributed by atoms with van der Waals surface area (Å²) >= 11 is 0. The second kappa shape index (κ2) is 5.32. The van der Waals surface area contributed by atoms with Crippen LogP contribution in [0, 0.1) is 12.7 Å². The van der Waals surface area contributed by atoms with Crippen LogP contribution >= 0.6 is 0 Å². The molecule has 0 amide bonds. The number of likely N-dealkylation sites (N-methyl/N-ethyl adjacent to an activating group) is 1. The fourth-order valence-corrected chi connectivity index (χ4v) is 2.01. The standard InChI is InChI=1S/C14H18FNO/c1-3-16-14(13-5-4-8-17-13)11-7-6-10(2)12(15)9-11/h5-7,9,14,16H,3-4,8H2,1-2H3. The zero-order valence-corrected chi connectivity index (χ0v) is 10.3. The molecule has 1 aromatic carbocycles. The highest BCUT2D eigenvalue weighted by Crippen LogP contribution is 2.27. The number of ether oxygens (including phenoxy) is 1. The van der Waals surface area contributed by atoms with Gasteiger partial charge >= 0.3 is 0 Å². The highest BCUT2D eigenvalue weighted by molar-refractivity contribution is 5.30. The minimum Gasteiger partial charge on any atom is -0.496 e. The highest BCUT2D eigenvalue weighted by Gasteiger charge is 2.20. The molecule has 0 aromatic heterocycles. The number of aryl methyl sites for hydroxylation is 1. The number of hydrogen-bond acceptors (Lipinski definition) is 2. The zero-order chi connectivity index (χ0) is 12.3. The van der Waals surface area contributed by atoms with Crippen molar-refractivity contribution in [1.29, 1.82) is 0 Å². The van der Waals surface area contributed by atoms with Crippen LogP contribution in [-0.4, -0.2) is 13.2 Å². The average molecular weight is 235 g/mol. The molecule has 17 heavy (non-hydrogen) atoms. The van der Waals surface area contributed by atoms with Gasteiger partial charge in [0.1, 0.15) is 11.6 Å². The van der Waals surface area contributed by atoms with Gasteiger partial charge in [-0.1, -0.05) is 19.1 Å². The third-order valence-electron chi connectivity index (χ3n) is 2.95. The second-order valence-electron chi connectivity index (χ2n) is 4.24. The first kappa shape index (κ1) is 12.1. The molecule has 1 aromatic rings. The topological polar surface area (TPSA) is 21.3 Å². The summed E-state index contributed by atoms with van der Waals surface area (Å²) in [5.41, 5.74) is 1.59. The lowest BCUT2D eigenvalue weighted by molar-refractivity contribution is 0.216. The van der Waals surface area contributed by atoms with Crippen molar-refractivity contribution < 1.29 is 9.13 Å². The normalized spacial score (nSPS) is 16.5. The number of rotatable bonds is 4. The number of benzene rings is 1. The van der Waals surface area contributed by atoms with Crippen LogP contribution in [0.25, 0.3) is 0 Å². The van der Waals surface area contributed by atoms with E-state index < -0.39 is 0 Å². The van der Waals surface area contributed by atoms with Crippen LogP contribution in [0.3, 0.4) is 0 Å². The molecule has 1 atom stereocenters. The predicted octanol–water partition coefficient (Wildman–Crippen LogP) is 3.09. The van der Waals surface area contributed by atoms with E-state index in [1.54, 1.807) is 13.0 Å². The smallest absolute Gasteiger partial charge is 0.126 e. The van der Waals surface area contributed by atoms with E-state index in [0.717, 1.165) is 30.9 Å². The van der Waals surface area contributed by atoms with Gasteiger partial charge in [0.2, 0.25) is 0 Å². The lowest BCUT2D eigenvalue weighted by atomic mass is 10.0. The summed E-state index contributed by atoms with van der Waals surface area (Å²) < 4.78 is 19.1. The van der Waals surface area contributed by atoms with Gasteiger partial charge in [-0.05, 0) is 36.7 Å². The number of hydrogen-bond donors (Lipinski definition) is 1. The summed E-state index contributed by atoms with van der Waals surface area (Å²) in [6, 6.07) is 5.32. The summed E-state index contributed by atoms with van der Waals surface area (Å²) in [5.74, 6) is 0.749. The molecule has 92 valence electrons. The molecule has 2 rings (SSSR count). The van der Waals surface area contributed by atoms with Crippen molar-refractivity contribution in [3.05, 3.63) is 47.0 Å². The molecule has 0 saturated heterocycles. The molecule has 1 N–H and O–H groups in total. The molecule has 3 heteroatoms. The minimum absolute atomic E-state index is 0.0300. The first-order valence-corrected chi connectivity index (χ1v) is 6.04. The van der Waals surface area contributed by atoms with Crippen molar-refractivity contribution in [2.24, 2.45) is 0 Å². The largest absolute Gasteiger partial charge is 0.496 e. The summed E-state index contributed by atoms with van der Waals surface area (Å²) in [4.78, 5) is 0. The van der Waals surface area contributed by atoms with Gasteiger partial charge < -0.3 is 10.1 Å². The minimum atomic E-state index is -0.163. The number of halogens is 1. The van der Waals surface area contributed by atoms with Crippen LogP contribution < -0.4 is 5.32 Å². The van der Waals surface area contributed by atoms with Crippen LogP contribution in [0.2, 0.25) is 0 Å². The van der Waals surface area contributed by atoms with E-state index >= 15 is 0 Å². The third-order valence-corrected chi connectivity index (χ3v) is 2.95. The van der Waals surface area contributed by atoms with Crippen molar-refractivity contribution in [3.8, 4) is 0 Å². The van der Waals surface area contributed by atoms with Crippen molar-refractivity contribution in [2.75, 3.05) is 13.2 Å². The maximum absolute atomic E-state index is 13.6. The van der Waals surface area contributed by atoms with Crippen LogP contribution in [0.15, 0.2) is 30.0 Å². The van der Waals surface area contributed by atoms with E-state index in [-0.39, 0.29) is 11.9 Å². The van der Waals surface area contributed by atoms with Gasteiger partial charge in [-0.15, -0.1) is 0 Å². The molecule has 1 unspecified atom stereocenters. The molecule has 0 fully saturated rings. The van der Waals surface area contributed by atoms with Gasteiger partial charge in [-0.2, -0.15) is 0 Å². The van der Waals surface area contributed by atoms with Gasteiger partial charge in [0.15, 0.2) is 0 Å². The van der Waals surface area contributed by atoms with E-state index in [1.165, 1.54) is 0 Å². The third kappa shape index (κ3) is 2.67. The first-order valence-electron chi connectivity index (χ1n) is 6.04. The van der Waals surface area contributed by atoms with Crippen LogP contribution in [0.5, 0.6) is 0 Å². The average Bonchev–Trinajstić information content (AvgIpc) is 2.83. The Bertz CT molecular complexity index is 428. The van der Waals surface area contributed by atoms with E-state index in [4.69, 9.17) is 4.74 Å². The summed E-state index contributed by atoms with van der Waals surface area (Å²) in [6.45, 7) is 5.35. The lowest BCUT2D eigenvalue weighted by Gasteiger charge is -2.19. The van der Waals surface area contributed by atoms with Gasteiger partial charge in [0.05, 0.1) is 12.6 Å². The molecule has 0 spiro atoms. The molecule has 1 heterocycles. The molecule has 0 bridgehead atoms. The molecular weight excluding hydrogens is 217 g/mol. The Balaban J connectivity index is 2.28. The summed E-state index contributed by atoms with van der Waals surface area (Å²) in [7, 11) is 0. The quantitative estimate of drug-likeness (QED) is 0.866. The van der Waals surface area contributed by atoms with E-state index in [9.17, 15) is 4.39 Å². The molecule has 1 aliphatic rings. The summed E-state index contributed by atoms with van der Waals surface area (Å²) in [5, 5.41) is 3.33. The Kier molecular flexibility index (Phi) is 3.79. The van der Waals surface area contributed by atoms with Crippen molar-refractivity contribution in [2.45, 2.75) is 26.3 Å². The molecule has 0 aliphatic carbocycles. The van der Waals surface area contributed by atoms with E-state index in [2.05, 4.69) is 11.4 Å². The maximum Gasteiger partial charge on any atom is 0.126 e. The van der Waals surface area contributed by atoms with Gasteiger partial charge in [-0.25, -0.2) is 4.39 Å². The fraction of sp³-hybridized carbons (Fsp3) is 0.429. The van der Waals surface area contributed by atoms with Crippen molar-refractivity contribution >= 4 is 0 Å². The van der Waals surface area contributed by atoms with E-state index in [0.29, 0.717) is 5.56 Å². The molecule has 2 nitrogen and oxygen atoms in total. The highest BCUT2D eigenvalue weighted by atomic mass is 19.1. The lowest BCUT2D eigenvalue weighted by Crippen LogP contribution is -2.23. The second-order valence-corrected chi connectivity index (χ2v) is 4.24. The molecule has 0 saturated carbocycles. The van der Waals surface area contributed by atoms with Gasteiger partial charge in [0.25, 0.3) is 0 Å². The van der Waals surface area contributed by atoms with Crippen molar-refractivity contribution in [3.63, 3.8) is 0 Å². The molecular formula is C14H18FNO. The Hall–Kier alpha value is -1.35. The Morgan fingerprint density at radius 1 is 1.47 bits per heavy atom. The van der Waals surface area contributed by atoms with Gasteiger partial charge in [0, 0.05) is 6.42 Å². The van der Waals surface area contributed by atoms with E-state index in [1.807, 2.05) is 19.1 Å². The SMILES string of the molecule is CCNC(C1=CCCO1)c1ccc(C)c(F)c1. The summed E-state index contributed by atoms with van der Waals surface area (Å²) in [6.07, 6.45) is 3.01. The predicted molar refractivity (Wildman–Crippen MR) is 66.2 cm³/mol. The maximum atomic E-state index is 13.6.